The average molecular weight is 158 g/mol. The number of rotatable bonds is 3. The van der Waals surface area contributed by atoms with Gasteiger partial charge in [-0.2, -0.15) is 0 Å². The normalized spacial score (nSPS) is 32.2. The van der Waals surface area contributed by atoms with Gasteiger partial charge in [0.15, 0.2) is 0 Å². The summed E-state index contributed by atoms with van der Waals surface area (Å²) in [5.41, 5.74) is 0. The van der Waals surface area contributed by atoms with Crippen LogP contribution in [0.2, 0.25) is 0 Å². The Morgan fingerprint density at radius 3 is 2.64 bits per heavy atom. The Kier molecular flexibility index (Phi) is 3.87. The highest BCUT2D eigenvalue weighted by Crippen LogP contribution is 2.22. The van der Waals surface area contributed by atoms with Gasteiger partial charge in [0.05, 0.1) is 12.2 Å². The van der Waals surface area contributed by atoms with Crippen LogP contribution in [0.3, 0.4) is 0 Å². The lowest BCUT2D eigenvalue weighted by molar-refractivity contribution is -0.0251. The molecule has 2 nitrogen and oxygen atoms in total. The van der Waals surface area contributed by atoms with Crippen LogP contribution in [0, 0.1) is 0 Å². The topological polar surface area (TPSA) is 18.5 Å². The standard InChI is InChI=1S/C9H18O2/c1-3-11-9-6-4-5-8(7-9)10-2/h8-9H,3-7H2,1-2H3/t8-,9-/m1/s1. The van der Waals surface area contributed by atoms with Gasteiger partial charge in [-0.05, 0) is 32.6 Å². The van der Waals surface area contributed by atoms with E-state index in [1.807, 2.05) is 0 Å². The molecule has 66 valence electrons. The highest BCUT2D eigenvalue weighted by molar-refractivity contribution is 4.73. The minimum absolute atomic E-state index is 0.445. The van der Waals surface area contributed by atoms with Crippen LogP contribution in [-0.2, 0) is 9.47 Å². The van der Waals surface area contributed by atoms with Gasteiger partial charge in [0, 0.05) is 13.7 Å². The predicted molar refractivity (Wildman–Crippen MR) is 44.7 cm³/mol. The molecule has 2 heteroatoms. The van der Waals surface area contributed by atoms with E-state index in [1.165, 1.54) is 19.3 Å². The first-order valence-corrected chi connectivity index (χ1v) is 4.51. The van der Waals surface area contributed by atoms with Gasteiger partial charge in [-0.3, -0.25) is 0 Å². The molecule has 0 aromatic heterocycles. The third-order valence-electron chi connectivity index (χ3n) is 2.31. The molecular weight excluding hydrogens is 140 g/mol. The summed E-state index contributed by atoms with van der Waals surface area (Å²) < 4.78 is 10.8. The van der Waals surface area contributed by atoms with E-state index in [4.69, 9.17) is 9.47 Å². The van der Waals surface area contributed by atoms with Crippen LogP contribution in [-0.4, -0.2) is 25.9 Å². The summed E-state index contributed by atoms with van der Waals surface area (Å²) in [6.07, 6.45) is 5.67. The van der Waals surface area contributed by atoms with E-state index in [9.17, 15) is 0 Å². The summed E-state index contributed by atoms with van der Waals surface area (Å²) >= 11 is 0. The maximum absolute atomic E-state index is 5.53. The minimum atomic E-state index is 0.445. The third kappa shape index (κ3) is 2.80. The molecule has 0 unspecified atom stereocenters. The molecule has 0 saturated heterocycles. The Balaban J connectivity index is 2.21. The SMILES string of the molecule is CCO[C@@H]1CCC[C@@H](OC)C1. The lowest BCUT2D eigenvalue weighted by Gasteiger charge is -2.27. The molecule has 1 fully saturated rings. The molecule has 0 spiro atoms. The van der Waals surface area contributed by atoms with E-state index in [0.717, 1.165) is 13.0 Å². The molecular formula is C9H18O2. The van der Waals surface area contributed by atoms with Crippen molar-refractivity contribution in [2.24, 2.45) is 0 Å². The summed E-state index contributed by atoms with van der Waals surface area (Å²) in [4.78, 5) is 0. The Morgan fingerprint density at radius 1 is 1.27 bits per heavy atom. The third-order valence-corrected chi connectivity index (χ3v) is 2.31. The molecule has 11 heavy (non-hydrogen) atoms. The van der Waals surface area contributed by atoms with Gasteiger partial charge in [0.1, 0.15) is 0 Å². The van der Waals surface area contributed by atoms with E-state index < -0.39 is 0 Å². The lowest BCUT2D eigenvalue weighted by atomic mass is 9.95. The molecule has 1 rings (SSSR count). The zero-order chi connectivity index (χ0) is 8.10. The molecule has 0 aliphatic heterocycles. The van der Waals surface area contributed by atoms with Gasteiger partial charge < -0.3 is 9.47 Å². The molecule has 0 heterocycles. The fourth-order valence-electron chi connectivity index (χ4n) is 1.70. The molecule has 0 N–H and O–H groups in total. The summed E-state index contributed by atoms with van der Waals surface area (Å²) in [5, 5.41) is 0. The quantitative estimate of drug-likeness (QED) is 0.625. The first-order valence-electron chi connectivity index (χ1n) is 4.51. The highest BCUT2D eigenvalue weighted by Gasteiger charge is 2.21. The molecule has 1 aliphatic rings. The summed E-state index contributed by atoms with van der Waals surface area (Å²) in [6.45, 7) is 2.89. The fourth-order valence-corrected chi connectivity index (χ4v) is 1.70. The van der Waals surface area contributed by atoms with E-state index in [0.29, 0.717) is 12.2 Å². The van der Waals surface area contributed by atoms with E-state index in [1.54, 1.807) is 7.11 Å². The Hall–Kier alpha value is -0.0800. The van der Waals surface area contributed by atoms with Crippen molar-refractivity contribution in [3.8, 4) is 0 Å². The van der Waals surface area contributed by atoms with Gasteiger partial charge in [-0.15, -0.1) is 0 Å². The highest BCUT2D eigenvalue weighted by atomic mass is 16.5. The molecule has 0 radical (unpaired) electrons. The molecule has 0 bridgehead atoms. The Bertz CT molecular complexity index is 102. The van der Waals surface area contributed by atoms with Crippen LogP contribution in [0.1, 0.15) is 32.6 Å². The van der Waals surface area contributed by atoms with Crippen LogP contribution in [0.25, 0.3) is 0 Å². The van der Waals surface area contributed by atoms with Crippen molar-refractivity contribution < 1.29 is 9.47 Å². The fraction of sp³-hybridized carbons (Fsp3) is 1.00. The largest absolute Gasteiger partial charge is 0.381 e. The zero-order valence-corrected chi connectivity index (χ0v) is 7.51. The maximum Gasteiger partial charge on any atom is 0.0599 e. The molecule has 1 aliphatic carbocycles. The van der Waals surface area contributed by atoms with Crippen LogP contribution < -0.4 is 0 Å². The summed E-state index contributed by atoms with van der Waals surface area (Å²) in [7, 11) is 1.79. The van der Waals surface area contributed by atoms with Crippen LogP contribution in [0.4, 0.5) is 0 Å². The Morgan fingerprint density at radius 2 is 2.00 bits per heavy atom. The van der Waals surface area contributed by atoms with Crippen LogP contribution in [0.5, 0.6) is 0 Å². The first-order chi connectivity index (χ1) is 5.36. The van der Waals surface area contributed by atoms with Gasteiger partial charge in [-0.25, -0.2) is 0 Å². The monoisotopic (exact) mass is 158 g/mol. The van der Waals surface area contributed by atoms with Gasteiger partial charge in [0.25, 0.3) is 0 Å². The van der Waals surface area contributed by atoms with Crippen molar-refractivity contribution in [3.63, 3.8) is 0 Å². The van der Waals surface area contributed by atoms with E-state index >= 15 is 0 Å². The number of methoxy groups -OCH3 is 1. The molecule has 1 saturated carbocycles. The molecule has 0 aromatic rings. The minimum Gasteiger partial charge on any atom is -0.381 e. The van der Waals surface area contributed by atoms with Gasteiger partial charge in [0.2, 0.25) is 0 Å². The zero-order valence-electron chi connectivity index (χ0n) is 7.51. The van der Waals surface area contributed by atoms with Crippen molar-refractivity contribution in [1.29, 1.82) is 0 Å². The Labute approximate surface area is 68.9 Å². The predicted octanol–water partition coefficient (Wildman–Crippen LogP) is 1.98. The van der Waals surface area contributed by atoms with Gasteiger partial charge >= 0.3 is 0 Å². The lowest BCUT2D eigenvalue weighted by Crippen LogP contribution is -2.27. The van der Waals surface area contributed by atoms with E-state index in [2.05, 4.69) is 6.92 Å². The van der Waals surface area contributed by atoms with Crippen molar-refractivity contribution in [3.05, 3.63) is 0 Å². The summed E-state index contributed by atoms with van der Waals surface area (Å²) in [5.74, 6) is 0. The smallest absolute Gasteiger partial charge is 0.0599 e. The van der Waals surface area contributed by atoms with E-state index in [-0.39, 0.29) is 0 Å². The van der Waals surface area contributed by atoms with Gasteiger partial charge in [-0.1, -0.05) is 0 Å². The number of ether oxygens (including phenoxy) is 2. The van der Waals surface area contributed by atoms with Crippen LogP contribution >= 0.6 is 0 Å². The van der Waals surface area contributed by atoms with Crippen molar-refractivity contribution in [2.75, 3.05) is 13.7 Å². The first kappa shape index (κ1) is 9.01. The molecule has 0 aromatic carbocycles. The number of hydrogen-bond donors (Lipinski definition) is 0. The van der Waals surface area contributed by atoms with Crippen molar-refractivity contribution >= 4 is 0 Å². The summed E-state index contributed by atoms with van der Waals surface area (Å²) in [6, 6.07) is 0. The average Bonchev–Trinajstić information content (AvgIpc) is 2.06. The second-order valence-corrected chi connectivity index (χ2v) is 3.10. The maximum atomic E-state index is 5.53. The molecule has 2 atom stereocenters. The second-order valence-electron chi connectivity index (χ2n) is 3.10. The van der Waals surface area contributed by atoms with Crippen LogP contribution in [0.15, 0.2) is 0 Å². The van der Waals surface area contributed by atoms with Crippen molar-refractivity contribution in [1.82, 2.24) is 0 Å². The second kappa shape index (κ2) is 4.73. The molecule has 0 amide bonds. The number of hydrogen-bond acceptors (Lipinski definition) is 2. The van der Waals surface area contributed by atoms with Crippen molar-refractivity contribution in [2.45, 2.75) is 44.8 Å².